The van der Waals surface area contributed by atoms with Crippen LogP contribution in [0.3, 0.4) is 0 Å². The minimum absolute atomic E-state index is 0.0382. The van der Waals surface area contributed by atoms with Gasteiger partial charge in [-0.3, -0.25) is 0 Å². The number of hydrogen-bond donors (Lipinski definition) is 1. The van der Waals surface area contributed by atoms with E-state index < -0.39 is 0 Å². The predicted molar refractivity (Wildman–Crippen MR) is 111 cm³/mol. The summed E-state index contributed by atoms with van der Waals surface area (Å²) in [6.07, 6.45) is 2.17. The third-order valence-corrected chi connectivity index (χ3v) is 6.53. The molecule has 0 spiro atoms. The maximum Gasteiger partial charge on any atom is 0.138 e. The highest BCUT2D eigenvalue weighted by molar-refractivity contribution is 9.10. The highest BCUT2D eigenvalue weighted by Gasteiger charge is 2.40. The number of nitrogens with zero attached hydrogens (tertiary/aromatic N) is 1. The maximum atomic E-state index is 13.9. The van der Waals surface area contributed by atoms with E-state index >= 15 is 0 Å². The molecule has 1 fully saturated rings. The van der Waals surface area contributed by atoms with Gasteiger partial charge in [-0.05, 0) is 67.5 Å². The van der Waals surface area contributed by atoms with Gasteiger partial charge in [0.15, 0.2) is 0 Å². The lowest BCUT2D eigenvalue weighted by Gasteiger charge is -2.46. The molecule has 2 nitrogen and oxygen atoms in total. The minimum Gasteiger partial charge on any atom is -0.382 e. The molecule has 1 N–H and O–H groups in total. The zero-order valence-electron chi connectivity index (χ0n) is 15.4. The van der Waals surface area contributed by atoms with Crippen LogP contribution in [0.1, 0.15) is 30.9 Å². The van der Waals surface area contributed by atoms with Gasteiger partial charge in [0.2, 0.25) is 0 Å². The van der Waals surface area contributed by atoms with E-state index in [1.54, 1.807) is 6.07 Å². The number of halogens is 2. The first-order valence-corrected chi connectivity index (χ1v) is 9.87. The number of benzene rings is 2. The van der Waals surface area contributed by atoms with Gasteiger partial charge in [0.1, 0.15) is 5.82 Å². The molecule has 0 aromatic heterocycles. The van der Waals surface area contributed by atoms with Gasteiger partial charge in [-0.2, -0.15) is 0 Å². The summed E-state index contributed by atoms with van der Waals surface area (Å²) in [7, 11) is 2.18. The van der Waals surface area contributed by atoms with E-state index in [4.69, 9.17) is 0 Å². The summed E-state index contributed by atoms with van der Waals surface area (Å²) in [6.45, 7) is 8.54. The van der Waals surface area contributed by atoms with Crippen LogP contribution in [0.4, 0.5) is 4.39 Å². The lowest BCUT2D eigenvalue weighted by Crippen LogP contribution is -2.52. The van der Waals surface area contributed by atoms with E-state index in [-0.39, 0.29) is 17.3 Å². The first-order chi connectivity index (χ1) is 12.4. The molecule has 3 rings (SSSR count). The molecule has 138 valence electrons. The van der Waals surface area contributed by atoms with Crippen molar-refractivity contribution in [1.82, 2.24) is 10.2 Å². The minimum atomic E-state index is -0.268. The molecule has 0 bridgehead atoms. The molecule has 1 aliphatic heterocycles. The van der Waals surface area contributed by atoms with Gasteiger partial charge in [-0.1, -0.05) is 49.0 Å². The van der Waals surface area contributed by atoms with Gasteiger partial charge >= 0.3 is 0 Å². The van der Waals surface area contributed by atoms with E-state index in [0.29, 0.717) is 4.47 Å². The molecular formula is C22H26BrFN2. The highest BCUT2D eigenvalue weighted by Crippen LogP contribution is 2.39. The van der Waals surface area contributed by atoms with Crippen LogP contribution in [-0.4, -0.2) is 31.1 Å². The molecule has 1 aliphatic rings. The Bertz CT molecular complexity index is 767. The van der Waals surface area contributed by atoms with Crippen molar-refractivity contribution in [2.75, 3.05) is 20.1 Å². The van der Waals surface area contributed by atoms with Gasteiger partial charge in [0.25, 0.3) is 0 Å². The maximum absolute atomic E-state index is 13.9. The Morgan fingerprint density at radius 3 is 2.46 bits per heavy atom. The van der Waals surface area contributed by atoms with Gasteiger partial charge in [-0.25, -0.2) is 4.39 Å². The van der Waals surface area contributed by atoms with Crippen molar-refractivity contribution in [3.8, 4) is 0 Å². The second-order valence-electron chi connectivity index (χ2n) is 7.27. The van der Waals surface area contributed by atoms with Crippen LogP contribution < -0.4 is 5.32 Å². The summed E-state index contributed by atoms with van der Waals surface area (Å²) in [5.41, 5.74) is 2.92. The van der Waals surface area contributed by atoms with E-state index in [1.807, 2.05) is 6.07 Å². The van der Waals surface area contributed by atoms with Crippen LogP contribution in [0.25, 0.3) is 5.70 Å². The van der Waals surface area contributed by atoms with Gasteiger partial charge in [0.05, 0.1) is 4.47 Å². The zero-order valence-corrected chi connectivity index (χ0v) is 17.0. The van der Waals surface area contributed by atoms with E-state index in [0.717, 1.165) is 37.2 Å². The second kappa shape index (κ2) is 7.93. The Hall–Kier alpha value is -1.65. The Labute approximate surface area is 164 Å². The summed E-state index contributed by atoms with van der Waals surface area (Å²) in [5, 5.41) is 3.58. The van der Waals surface area contributed by atoms with Crippen LogP contribution in [0.2, 0.25) is 0 Å². The Balaban J connectivity index is 1.88. The average Bonchev–Trinajstić information content (AvgIpc) is 2.65. The molecule has 0 aliphatic carbocycles. The fourth-order valence-electron chi connectivity index (χ4n) is 3.97. The van der Waals surface area contributed by atoms with Gasteiger partial charge in [-0.15, -0.1) is 0 Å². The molecule has 2 aromatic rings. The Morgan fingerprint density at radius 1 is 1.15 bits per heavy atom. The van der Waals surface area contributed by atoms with Crippen LogP contribution in [0.15, 0.2) is 59.6 Å². The quantitative estimate of drug-likeness (QED) is 0.720. The molecule has 26 heavy (non-hydrogen) atoms. The fraction of sp³-hybridized carbons (Fsp3) is 0.364. The van der Waals surface area contributed by atoms with Gasteiger partial charge in [0, 0.05) is 22.7 Å². The van der Waals surface area contributed by atoms with Crippen LogP contribution in [-0.2, 0) is 5.41 Å². The highest BCUT2D eigenvalue weighted by atomic mass is 79.9. The van der Waals surface area contributed by atoms with Crippen molar-refractivity contribution in [2.45, 2.75) is 31.2 Å². The zero-order chi connectivity index (χ0) is 18.7. The first kappa shape index (κ1) is 19.1. The number of hydrogen-bond acceptors (Lipinski definition) is 2. The lowest BCUT2D eigenvalue weighted by molar-refractivity contribution is 0.160. The topological polar surface area (TPSA) is 15.3 Å². The van der Waals surface area contributed by atoms with E-state index in [9.17, 15) is 4.39 Å². The van der Waals surface area contributed by atoms with Crippen molar-refractivity contribution in [2.24, 2.45) is 0 Å². The summed E-state index contributed by atoms with van der Waals surface area (Å²) >= 11 is 3.35. The third kappa shape index (κ3) is 3.72. The molecule has 4 heteroatoms. The smallest absolute Gasteiger partial charge is 0.138 e. The average molecular weight is 417 g/mol. The molecule has 1 atom stereocenters. The van der Waals surface area contributed by atoms with Gasteiger partial charge < -0.3 is 10.2 Å². The van der Waals surface area contributed by atoms with Crippen molar-refractivity contribution >= 4 is 21.6 Å². The largest absolute Gasteiger partial charge is 0.382 e. The van der Waals surface area contributed by atoms with Crippen molar-refractivity contribution in [1.29, 1.82) is 0 Å². The standard InChI is InChI=1S/C22H26BrFN2/c1-16(19-10-7-11-20(24)21(19)23)25-17(2)22(12-14-26(3)15-13-22)18-8-5-4-6-9-18/h4-11,17,25H,1,12-15H2,2-3H3/t17-/m0/s1. The predicted octanol–water partition coefficient (Wildman–Crippen LogP) is 5.20. The molecule has 0 amide bonds. The number of rotatable bonds is 5. The lowest BCUT2D eigenvalue weighted by atomic mass is 9.68. The van der Waals surface area contributed by atoms with Crippen LogP contribution in [0, 0.1) is 5.82 Å². The summed E-state index contributed by atoms with van der Waals surface area (Å²) in [5.74, 6) is -0.268. The number of likely N-dealkylation sites (tertiary alicyclic amines) is 1. The van der Waals surface area contributed by atoms with Crippen LogP contribution >= 0.6 is 15.9 Å². The summed E-state index contributed by atoms with van der Waals surface area (Å²) < 4.78 is 14.4. The van der Waals surface area contributed by atoms with Crippen molar-refractivity contribution in [3.63, 3.8) is 0 Å². The molecule has 0 saturated carbocycles. The SMILES string of the molecule is C=C(N[C@@H](C)C1(c2ccccc2)CCN(C)CC1)c1cccc(F)c1Br. The normalized spacial score (nSPS) is 18.3. The monoisotopic (exact) mass is 416 g/mol. The molecule has 0 unspecified atom stereocenters. The first-order valence-electron chi connectivity index (χ1n) is 9.08. The Kier molecular flexibility index (Phi) is 5.83. The second-order valence-corrected chi connectivity index (χ2v) is 8.06. The summed E-state index contributed by atoms with van der Waals surface area (Å²) in [6, 6.07) is 16.0. The van der Waals surface area contributed by atoms with Crippen molar-refractivity contribution in [3.05, 3.63) is 76.5 Å². The molecule has 2 aromatic carbocycles. The molecule has 1 heterocycles. The molecular weight excluding hydrogens is 391 g/mol. The number of piperidine rings is 1. The van der Waals surface area contributed by atoms with E-state index in [1.165, 1.54) is 11.6 Å². The molecule has 1 saturated heterocycles. The number of nitrogens with one attached hydrogen (secondary N) is 1. The van der Waals surface area contributed by atoms with Crippen LogP contribution in [0.5, 0.6) is 0 Å². The Morgan fingerprint density at radius 2 is 1.81 bits per heavy atom. The third-order valence-electron chi connectivity index (χ3n) is 5.72. The molecule has 0 radical (unpaired) electrons. The van der Waals surface area contributed by atoms with Crippen molar-refractivity contribution < 1.29 is 4.39 Å². The fourth-order valence-corrected chi connectivity index (χ4v) is 4.48. The van der Waals surface area contributed by atoms with E-state index in [2.05, 4.69) is 77.0 Å². The summed E-state index contributed by atoms with van der Waals surface area (Å²) in [4.78, 5) is 2.38.